The average Bonchev–Trinajstić information content (AvgIpc) is 2.32. The number of hydrogen-bond acceptors (Lipinski definition) is 3. The van der Waals surface area contributed by atoms with Crippen LogP contribution in [0.25, 0.3) is 0 Å². The number of ether oxygens (including phenoxy) is 1. The Bertz CT molecular complexity index is 375. The summed E-state index contributed by atoms with van der Waals surface area (Å²) in [4.78, 5) is 0. The zero-order valence-corrected chi connectivity index (χ0v) is 11.9. The number of hydrogen-bond donors (Lipinski definition) is 2. The molecule has 0 saturated carbocycles. The van der Waals surface area contributed by atoms with Gasteiger partial charge in [-0.25, -0.2) is 0 Å². The van der Waals surface area contributed by atoms with Crippen molar-refractivity contribution in [3.8, 4) is 0 Å². The molecule has 1 rings (SSSR count). The van der Waals surface area contributed by atoms with E-state index in [0.717, 1.165) is 6.54 Å². The summed E-state index contributed by atoms with van der Waals surface area (Å²) in [6.45, 7) is 8.03. The van der Waals surface area contributed by atoms with E-state index < -0.39 is 5.60 Å². The zero-order chi connectivity index (χ0) is 13.6. The third-order valence-electron chi connectivity index (χ3n) is 3.38. The van der Waals surface area contributed by atoms with Crippen LogP contribution in [0, 0.1) is 13.8 Å². The highest BCUT2D eigenvalue weighted by atomic mass is 16.5. The molecular weight excluding hydrogens is 226 g/mol. The Hall–Kier alpha value is -0.900. The fraction of sp³-hybridized carbons (Fsp3) is 0.600. The lowest BCUT2D eigenvalue weighted by Gasteiger charge is -2.23. The van der Waals surface area contributed by atoms with Gasteiger partial charge in [0.05, 0.1) is 5.60 Å². The highest BCUT2D eigenvalue weighted by molar-refractivity contribution is 5.32. The highest BCUT2D eigenvalue weighted by Crippen LogP contribution is 2.13. The Balaban J connectivity index is 2.44. The summed E-state index contributed by atoms with van der Waals surface area (Å²) >= 11 is 0. The molecule has 1 aromatic carbocycles. The molecule has 1 unspecified atom stereocenters. The van der Waals surface area contributed by atoms with Crippen molar-refractivity contribution < 1.29 is 9.84 Å². The third-order valence-corrected chi connectivity index (χ3v) is 3.38. The van der Waals surface area contributed by atoms with Gasteiger partial charge < -0.3 is 15.2 Å². The van der Waals surface area contributed by atoms with Gasteiger partial charge in [-0.1, -0.05) is 18.2 Å². The summed E-state index contributed by atoms with van der Waals surface area (Å²) < 4.78 is 4.99. The van der Waals surface area contributed by atoms with Gasteiger partial charge in [0.25, 0.3) is 0 Å². The van der Waals surface area contributed by atoms with Crippen molar-refractivity contribution in [2.24, 2.45) is 0 Å². The Labute approximate surface area is 110 Å². The normalized spacial score (nSPS) is 14.5. The summed E-state index contributed by atoms with van der Waals surface area (Å²) in [6.07, 6.45) is 0.642. The van der Waals surface area contributed by atoms with E-state index in [-0.39, 0.29) is 0 Å². The predicted molar refractivity (Wildman–Crippen MR) is 74.7 cm³/mol. The quantitative estimate of drug-likeness (QED) is 0.780. The average molecular weight is 251 g/mol. The van der Waals surface area contributed by atoms with Crippen LogP contribution in [0.3, 0.4) is 0 Å². The van der Waals surface area contributed by atoms with E-state index in [4.69, 9.17) is 4.74 Å². The molecule has 3 heteroatoms. The smallest absolute Gasteiger partial charge is 0.0765 e. The fourth-order valence-electron chi connectivity index (χ4n) is 1.88. The van der Waals surface area contributed by atoms with Crippen LogP contribution in [0.5, 0.6) is 0 Å². The number of aryl methyl sites for hydroxylation is 1. The van der Waals surface area contributed by atoms with Gasteiger partial charge in [0.2, 0.25) is 0 Å². The van der Waals surface area contributed by atoms with E-state index in [1.807, 2.05) is 6.92 Å². The van der Waals surface area contributed by atoms with E-state index in [1.54, 1.807) is 7.11 Å². The fourth-order valence-corrected chi connectivity index (χ4v) is 1.88. The Morgan fingerprint density at radius 2 is 2.06 bits per heavy atom. The number of methoxy groups -OCH3 is 1. The van der Waals surface area contributed by atoms with Crippen LogP contribution in [-0.2, 0) is 11.3 Å². The van der Waals surface area contributed by atoms with Gasteiger partial charge in [-0.2, -0.15) is 0 Å². The molecule has 0 aliphatic rings. The van der Waals surface area contributed by atoms with Gasteiger partial charge in [-0.3, -0.25) is 0 Å². The van der Waals surface area contributed by atoms with Crippen molar-refractivity contribution in [2.75, 3.05) is 20.3 Å². The van der Waals surface area contributed by atoms with Gasteiger partial charge in [0, 0.05) is 33.2 Å². The molecule has 0 fully saturated rings. The van der Waals surface area contributed by atoms with Gasteiger partial charge >= 0.3 is 0 Å². The molecule has 1 atom stereocenters. The van der Waals surface area contributed by atoms with Gasteiger partial charge in [-0.15, -0.1) is 0 Å². The SMILES string of the molecule is COCCC(C)(O)CNCc1cccc(C)c1C. The van der Waals surface area contributed by atoms with E-state index in [0.29, 0.717) is 19.6 Å². The molecule has 0 aliphatic carbocycles. The highest BCUT2D eigenvalue weighted by Gasteiger charge is 2.19. The van der Waals surface area contributed by atoms with Gasteiger partial charge in [0.1, 0.15) is 0 Å². The second-order valence-electron chi connectivity index (χ2n) is 5.20. The molecule has 3 nitrogen and oxygen atoms in total. The molecule has 0 aromatic heterocycles. The first-order chi connectivity index (χ1) is 8.46. The summed E-state index contributed by atoms with van der Waals surface area (Å²) in [5.74, 6) is 0. The standard InChI is InChI=1S/C15H25NO2/c1-12-6-5-7-14(13(12)2)10-16-11-15(3,17)8-9-18-4/h5-7,16-17H,8-11H2,1-4H3. The lowest BCUT2D eigenvalue weighted by Crippen LogP contribution is -2.38. The Morgan fingerprint density at radius 1 is 1.33 bits per heavy atom. The molecule has 0 radical (unpaired) electrons. The van der Waals surface area contributed by atoms with Crippen LogP contribution in [0.2, 0.25) is 0 Å². The van der Waals surface area contributed by atoms with Crippen molar-refractivity contribution in [2.45, 2.75) is 39.3 Å². The van der Waals surface area contributed by atoms with Gasteiger partial charge in [-0.05, 0) is 37.5 Å². The maximum absolute atomic E-state index is 10.1. The molecule has 0 aliphatic heterocycles. The molecule has 0 saturated heterocycles. The van der Waals surface area contributed by atoms with Crippen molar-refractivity contribution in [3.63, 3.8) is 0 Å². The minimum atomic E-state index is -0.715. The van der Waals surface area contributed by atoms with Crippen LogP contribution in [0.1, 0.15) is 30.0 Å². The molecule has 102 valence electrons. The van der Waals surface area contributed by atoms with Crippen LogP contribution in [-0.4, -0.2) is 31.0 Å². The maximum Gasteiger partial charge on any atom is 0.0765 e. The second kappa shape index (κ2) is 6.88. The molecule has 18 heavy (non-hydrogen) atoms. The molecule has 2 N–H and O–H groups in total. The van der Waals surface area contributed by atoms with Crippen molar-refractivity contribution in [1.82, 2.24) is 5.32 Å². The predicted octanol–water partition coefficient (Wildman–Crippen LogP) is 2.18. The van der Waals surface area contributed by atoms with Crippen molar-refractivity contribution in [1.29, 1.82) is 0 Å². The summed E-state index contributed by atoms with van der Waals surface area (Å²) in [5.41, 5.74) is 3.20. The number of aliphatic hydroxyl groups is 1. The first-order valence-corrected chi connectivity index (χ1v) is 6.43. The summed E-state index contributed by atoms with van der Waals surface area (Å²) in [6, 6.07) is 6.31. The molecule has 1 aromatic rings. The molecule has 0 amide bonds. The van der Waals surface area contributed by atoms with Crippen LogP contribution in [0.4, 0.5) is 0 Å². The third kappa shape index (κ3) is 4.77. The Morgan fingerprint density at radius 3 is 2.72 bits per heavy atom. The van der Waals surface area contributed by atoms with E-state index in [2.05, 4.69) is 37.4 Å². The second-order valence-corrected chi connectivity index (χ2v) is 5.20. The van der Waals surface area contributed by atoms with Crippen LogP contribution >= 0.6 is 0 Å². The molecule has 0 heterocycles. The Kier molecular flexibility index (Phi) is 5.79. The van der Waals surface area contributed by atoms with Crippen LogP contribution < -0.4 is 5.32 Å². The lowest BCUT2D eigenvalue weighted by molar-refractivity contribution is 0.0247. The van der Waals surface area contributed by atoms with Crippen molar-refractivity contribution in [3.05, 3.63) is 34.9 Å². The number of rotatable bonds is 7. The zero-order valence-electron chi connectivity index (χ0n) is 11.9. The van der Waals surface area contributed by atoms with Crippen molar-refractivity contribution >= 4 is 0 Å². The number of nitrogens with one attached hydrogen (secondary N) is 1. The van der Waals surface area contributed by atoms with Gasteiger partial charge in [0.15, 0.2) is 0 Å². The maximum atomic E-state index is 10.1. The monoisotopic (exact) mass is 251 g/mol. The van der Waals surface area contributed by atoms with Crippen LogP contribution in [0.15, 0.2) is 18.2 Å². The molecular formula is C15H25NO2. The molecule has 0 spiro atoms. The summed E-state index contributed by atoms with van der Waals surface area (Å²) in [7, 11) is 1.65. The summed E-state index contributed by atoms with van der Waals surface area (Å²) in [5, 5.41) is 13.4. The van der Waals surface area contributed by atoms with E-state index in [1.165, 1.54) is 16.7 Å². The first kappa shape index (κ1) is 15.2. The minimum Gasteiger partial charge on any atom is -0.389 e. The molecule has 0 bridgehead atoms. The topological polar surface area (TPSA) is 41.5 Å². The van der Waals surface area contributed by atoms with E-state index >= 15 is 0 Å². The minimum absolute atomic E-state index is 0.573. The first-order valence-electron chi connectivity index (χ1n) is 6.43. The van der Waals surface area contributed by atoms with E-state index in [9.17, 15) is 5.11 Å². The largest absolute Gasteiger partial charge is 0.389 e. The number of benzene rings is 1. The lowest BCUT2D eigenvalue weighted by atomic mass is 10.0.